The smallest absolute Gasteiger partial charge is 0.405 e. The van der Waals surface area contributed by atoms with Crippen LogP contribution in [0.1, 0.15) is 44.6 Å². The molecule has 140 valence electrons. The van der Waals surface area contributed by atoms with Gasteiger partial charge in [-0.3, -0.25) is 0 Å². The van der Waals surface area contributed by atoms with E-state index in [1.54, 1.807) is 0 Å². The number of carbonyl (C=O) groups is 2. The molecule has 0 heterocycles. The standard InChI is InChI=1S/C19H29NO4S/c1-3-4-5-9-12-25-16(13-15-10-7-6-8-11-15)14-17(18(21)24-2)20-19(22)23/h6-8,10-11,16-17,20H,3-5,9,12-14H2,1-2H3,(H,22,23)/t16-,17?/m1/s1. The molecule has 1 unspecified atom stereocenters. The fraction of sp³-hybridized carbons (Fsp3) is 0.579. The molecule has 1 amide bonds. The summed E-state index contributed by atoms with van der Waals surface area (Å²) < 4.78 is 4.75. The van der Waals surface area contributed by atoms with Crippen LogP contribution in [-0.2, 0) is 16.0 Å². The molecule has 2 atom stereocenters. The van der Waals surface area contributed by atoms with Gasteiger partial charge in [0.05, 0.1) is 7.11 Å². The quantitative estimate of drug-likeness (QED) is 0.429. The van der Waals surface area contributed by atoms with E-state index in [4.69, 9.17) is 9.84 Å². The van der Waals surface area contributed by atoms with Gasteiger partial charge in [-0.15, -0.1) is 0 Å². The van der Waals surface area contributed by atoms with Crippen LogP contribution < -0.4 is 5.32 Å². The number of ether oxygens (including phenoxy) is 1. The van der Waals surface area contributed by atoms with Crippen LogP contribution in [0.25, 0.3) is 0 Å². The molecule has 0 spiro atoms. The average Bonchev–Trinajstić information content (AvgIpc) is 2.60. The molecule has 5 nitrogen and oxygen atoms in total. The maximum atomic E-state index is 11.9. The van der Waals surface area contributed by atoms with E-state index >= 15 is 0 Å². The number of benzene rings is 1. The summed E-state index contributed by atoms with van der Waals surface area (Å²) in [6.45, 7) is 2.18. The zero-order chi connectivity index (χ0) is 18.5. The summed E-state index contributed by atoms with van der Waals surface area (Å²) in [6, 6.07) is 9.24. The lowest BCUT2D eigenvalue weighted by molar-refractivity contribution is -0.143. The third kappa shape index (κ3) is 9.39. The zero-order valence-electron chi connectivity index (χ0n) is 15.1. The van der Waals surface area contributed by atoms with Gasteiger partial charge in [0.1, 0.15) is 6.04 Å². The molecular weight excluding hydrogens is 338 g/mol. The third-order valence-electron chi connectivity index (χ3n) is 3.94. The Bertz CT molecular complexity index is 509. The number of rotatable bonds is 12. The Morgan fingerprint density at radius 1 is 1.20 bits per heavy atom. The van der Waals surface area contributed by atoms with Crippen molar-refractivity contribution in [2.24, 2.45) is 0 Å². The number of unbranched alkanes of at least 4 members (excludes halogenated alkanes) is 3. The van der Waals surface area contributed by atoms with Crippen molar-refractivity contribution in [1.29, 1.82) is 0 Å². The van der Waals surface area contributed by atoms with E-state index < -0.39 is 18.1 Å². The predicted octanol–water partition coefficient (Wildman–Crippen LogP) is 4.11. The minimum absolute atomic E-state index is 0.153. The number of carboxylic acid groups (broad SMARTS) is 1. The summed E-state index contributed by atoms with van der Waals surface area (Å²) in [5, 5.41) is 11.4. The van der Waals surface area contributed by atoms with Crippen molar-refractivity contribution in [1.82, 2.24) is 5.32 Å². The minimum Gasteiger partial charge on any atom is -0.467 e. The molecule has 0 radical (unpaired) electrons. The molecule has 1 aromatic carbocycles. The van der Waals surface area contributed by atoms with E-state index in [0.29, 0.717) is 6.42 Å². The number of nitrogens with one attached hydrogen (secondary N) is 1. The first-order valence-corrected chi connectivity index (χ1v) is 9.84. The van der Waals surface area contributed by atoms with E-state index in [1.165, 1.54) is 31.9 Å². The van der Waals surface area contributed by atoms with Gasteiger partial charge in [0.15, 0.2) is 0 Å². The summed E-state index contributed by atoms with van der Waals surface area (Å²) in [5.74, 6) is 0.477. The van der Waals surface area contributed by atoms with Gasteiger partial charge in [-0.25, -0.2) is 9.59 Å². The highest BCUT2D eigenvalue weighted by Crippen LogP contribution is 2.23. The molecule has 0 aliphatic heterocycles. The number of carbonyl (C=O) groups excluding carboxylic acids is 1. The molecule has 1 aromatic rings. The highest BCUT2D eigenvalue weighted by Gasteiger charge is 2.25. The number of esters is 1. The van der Waals surface area contributed by atoms with Crippen molar-refractivity contribution in [3.63, 3.8) is 0 Å². The lowest BCUT2D eigenvalue weighted by Gasteiger charge is -2.22. The molecule has 25 heavy (non-hydrogen) atoms. The number of amides is 1. The van der Waals surface area contributed by atoms with Crippen LogP contribution in [0.3, 0.4) is 0 Å². The SMILES string of the molecule is CCCCCCS[C@H](Cc1ccccc1)CC(NC(=O)O)C(=O)OC. The molecule has 0 saturated carbocycles. The first-order valence-electron chi connectivity index (χ1n) is 8.79. The normalized spacial score (nSPS) is 13.0. The molecule has 0 fully saturated rings. The molecule has 0 aromatic heterocycles. The molecule has 0 bridgehead atoms. The van der Waals surface area contributed by atoms with E-state index in [9.17, 15) is 9.59 Å². The summed E-state index contributed by atoms with van der Waals surface area (Å²) >= 11 is 1.81. The van der Waals surface area contributed by atoms with Gasteiger partial charge in [0, 0.05) is 5.25 Å². The van der Waals surface area contributed by atoms with Crippen molar-refractivity contribution in [3.8, 4) is 0 Å². The van der Waals surface area contributed by atoms with Crippen LogP contribution in [0.15, 0.2) is 30.3 Å². The Kier molecular flexibility index (Phi) is 10.8. The van der Waals surface area contributed by atoms with Gasteiger partial charge < -0.3 is 15.2 Å². The van der Waals surface area contributed by atoms with E-state index in [0.717, 1.165) is 18.6 Å². The predicted molar refractivity (Wildman–Crippen MR) is 102 cm³/mol. The van der Waals surface area contributed by atoms with Crippen molar-refractivity contribution >= 4 is 23.8 Å². The van der Waals surface area contributed by atoms with Gasteiger partial charge >= 0.3 is 12.1 Å². The van der Waals surface area contributed by atoms with Crippen LogP contribution in [0, 0.1) is 0 Å². The zero-order valence-corrected chi connectivity index (χ0v) is 15.9. The van der Waals surface area contributed by atoms with Crippen molar-refractivity contribution in [2.75, 3.05) is 12.9 Å². The first-order chi connectivity index (χ1) is 12.1. The average molecular weight is 368 g/mol. The Morgan fingerprint density at radius 3 is 2.52 bits per heavy atom. The van der Waals surface area contributed by atoms with Gasteiger partial charge in [-0.05, 0) is 30.6 Å². The Morgan fingerprint density at radius 2 is 1.92 bits per heavy atom. The van der Waals surface area contributed by atoms with Crippen molar-refractivity contribution < 1.29 is 19.4 Å². The fourth-order valence-corrected chi connectivity index (χ4v) is 3.98. The second-order valence-corrected chi connectivity index (χ2v) is 7.41. The van der Waals surface area contributed by atoms with E-state index in [2.05, 4.69) is 24.4 Å². The Labute approximate surface area is 154 Å². The number of thioether (sulfide) groups is 1. The molecular formula is C19H29NO4S. The van der Waals surface area contributed by atoms with Gasteiger partial charge in [0.2, 0.25) is 0 Å². The summed E-state index contributed by atoms with van der Waals surface area (Å²) in [4.78, 5) is 22.9. The van der Waals surface area contributed by atoms with Crippen LogP contribution in [0.5, 0.6) is 0 Å². The third-order valence-corrected chi connectivity index (χ3v) is 5.29. The lowest BCUT2D eigenvalue weighted by Crippen LogP contribution is -2.42. The lowest BCUT2D eigenvalue weighted by atomic mass is 10.0. The van der Waals surface area contributed by atoms with Crippen molar-refractivity contribution in [3.05, 3.63) is 35.9 Å². The maximum absolute atomic E-state index is 11.9. The number of hydrogen-bond acceptors (Lipinski definition) is 4. The Hall–Kier alpha value is -1.69. The van der Waals surface area contributed by atoms with Crippen LogP contribution >= 0.6 is 11.8 Å². The molecule has 1 rings (SSSR count). The van der Waals surface area contributed by atoms with Crippen LogP contribution in [-0.4, -0.2) is 41.3 Å². The molecule has 2 N–H and O–H groups in total. The number of hydrogen-bond donors (Lipinski definition) is 2. The van der Waals surface area contributed by atoms with Gasteiger partial charge in [0.25, 0.3) is 0 Å². The number of methoxy groups -OCH3 is 1. The summed E-state index contributed by atoms with van der Waals surface area (Å²) in [7, 11) is 1.28. The highest BCUT2D eigenvalue weighted by atomic mass is 32.2. The highest BCUT2D eigenvalue weighted by molar-refractivity contribution is 7.99. The largest absolute Gasteiger partial charge is 0.467 e. The fourth-order valence-electron chi connectivity index (χ4n) is 2.63. The first kappa shape index (κ1) is 21.4. The van der Waals surface area contributed by atoms with Crippen LogP contribution in [0.2, 0.25) is 0 Å². The second kappa shape index (κ2) is 12.6. The van der Waals surface area contributed by atoms with Gasteiger partial charge in [-0.1, -0.05) is 56.5 Å². The molecule has 6 heteroatoms. The molecule has 0 aliphatic carbocycles. The Balaban J connectivity index is 2.69. The molecule has 0 saturated heterocycles. The molecule has 0 aliphatic rings. The van der Waals surface area contributed by atoms with E-state index in [-0.39, 0.29) is 5.25 Å². The summed E-state index contributed by atoms with van der Waals surface area (Å²) in [5.41, 5.74) is 1.19. The summed E-state index contributed by atoms with van der Waals surface area (Å²) in [6.07, 6.45) is 4.79. The maximum Gasteiger partial charge on any atom is 0.405 e. The minimum atomic E-state index is -1.21. The van der Waals surface area contributed by atoms with E-state index in [1.807, 2.05) is 30.0 Å². The monoisotopic (exact) mass is 367 g/mol. The van der Waals surface area contributed by atoms with Gasteiger partial charge in [-0.2, -0.15) is 11.8 Å². The van der Waals surface area contributed by atoms with Crippen molar-refractivity contribution in [2.45, 2.75) is 56.7 Å². The topological polar surface area (TPSA) is 75.6 Å². The van der Waals surface area contributed by atoms with Crippen LogP contribution in [0.4, 0.5) is 4.79 Å². The second-order valence-electron chi connectivity index (χ2n) is 6.00.